The zero-order chi connectivity index (χ0) is 14.1. The third kappa shape index (κ3) is 2.79. The van der Waals surface area contributed by atoms with Gasteiger partial charge in [0.2, 0.25) is 0 Å². The van der Waals surface area contributed by atoms with Gasteiger partial charge in [0.25, 0.3) is 0 Å². The number of nitrogens with one attached hydrogen (secondary N) is 1. The van der Waals surface area contributed by atoms with E-state index in [9.17, 15) is 4.39 Å². The van der Waals surface area contributed by atoms with Gasteiger partial charge in [0, 0.05) is 20.3 Å². The monoisotopic (exact) mass is 305 g/mol. The van der Waals surface area contributed by atoms with Crippen LogP contribution in [0.4, 0.5) is 10.1 Å². The molecule has 3 aromatic rings. The maximum Gasteiger partial charge on any atom is 0.126 e. The summed E-state index contributed by atoms with van der Waals surface area (Å²) in [5, 5.41) is 4.92. The standard InChI is InChI=1S/C16H13ClFNS/c1-10(19-14-8-12(17)7-13(18)9-14)16-6-11-4-2-3-5-15(11)20-16/h2-10,19H,1H3. The molecule has 2 aromatic carbocycles. The molecule has 0 radical (unpaired) electrons. The molecule has 1 unspecified atom stereocenters. The second-order valence-corrected chi connectivity index (χ2v) is 6.26. The summed E-state index contributed by atoms with van der Waals surface area (Å²) in [6, 6.07) is 15.0. The van der Waals surface area contributed by atoms with Gasteiger partial charge in [0.05, 0.1) is 6.04 Å². The fourth-order valence-corrected chi connectivity index (χ4v) is 3.46. The fraction of sp³-hybridized carbons (Fsp3) is 0.125. The van der Waals surface area contributed by atoms with E-state index in [4.69, 9.17) is 11.6 Å². The zero-order valence-electron chi connectivity index (χ0n) is 10.9. The first-order valence-electron chi connectivity index (χ1n) is 6.33. The lowest BCUT2D eigenvalue weighted by Gasteiger charge is -2.14. The van der Waals surface area contributed by atoms with Crippen molar-refractivity contribution in [3.8, 4) is 0 Å². The van der Waals surface area contributed by atoms with Crippen LogP contribution in [-0.2, 0) is 0 Å². The molecule has 0 fully saturated rings. The van der Waals surface area contributed by atoms with Crippen molar-refractivity contribution in [3.63, 3.8) is 0 Å². The molecule has 1 atom stereocenters. The molecule has 0 amide bonds. The predicted molar refractivity (Wildman–Crippen MR) is 85.3 cm³/mol. The lowest BCUT2D eigenvalue weighted by Crippen LogP contribution is -2.04. The summed E-state index contributed by atoms with van der Waals surface area (Å²) in [7, 11) is 0. The Kier molecular flexibility index (Phi) is 3.64. The molecule has 0 aliphatic rings. The van der Waals surface area contributed by atoms with Crippen LogP contribution in [0, 0.1) is 5.82 Å². The third-order valence-corrected chi connectivity index (χ3v) is 4.63. The molecular weight excluding hydrogens is 293 g/mol. The molecule has 0 bridgehead atoms. The van der Waals surface area contributed by atoms with Gasteiger partial charge in [0.1, 0.15) is 5.82 Å². The summed E-state index contributed by atoms with van der Waals surface area (Å²) in [5.74, 6) is -0.330. The minimum atomic E-state index is -0.330. The molecule has 1 nitrogen and oxygen atoms in total. The number of thiophene rings is 1. The molecule has 0 aliphatic heterocycles. The summed E-state index contributed by atoms with van der Waals surface area (Å²) in [6.45, 7) is 2.06. The topological polar surface area (TPSA) is 12.0 Å². The Morgan fingerprint density at radius 3 is 2.70 bits per heavy atom. The Morgan fingerprint density at radius 1 is 1.15 bits per heavy atom. The van der Waals surface area contributed by atoms with E-state index in [1.165, 1.54) is 27.1 Å². The van der Waals surface area contributed by atoms with Gasteiger partial charge in [-0.2, -0.15) is 0 Å². The van der Waals surface area contributed by atoms with E-state index < -0.39 is 0 Å². The molecular formula is C16H13ClFNS. The van der Waals surface area contributed by atoms with Crippen molar-refractivity contribution in [1.29, 1.82) is 0 Å². The van der Waals surface area contributed by atoms with Gasteiger partial charge < -0.3 is 5.32 Å². The lowest BCUT2D eigenvalue weighted by atomic mass is 10.2. The van der Waals surface area contributed by atoms with Gasteiger partial charge in [-0.3, -0.25) is 0 Å². The van der Waals surface area contributed by atoms with Crippen LogP contribution >= 0.6 is 22.9 Å². The van der Waals surface area contributed by atoms with Crippen molar-refractivity contribution < 1.29 is 4.39 Å². The van der Waals surface area contributed by atoms with Gasteiger partial charge in [0.15, 0.2) is 0 Å². The largest absolute Gasteiger partial charge is 0.378 e. The van der Waals surface area contributed by atoms with Crippen LogP contribution in [0.1, 0.15) is 17.8 Å². The summed E-state index contributed by atoms with van der Waals surface area (Å²) in [5.41, 5.74) is 0.694. The number of rotatable bonds is 3. The average molecular weight is 306 g/mol. The number of halogens is 2. The van der Waals surface area contributed by atoms with Crippen LogP contribution < -0.4 is 5.32 Å². The predicted octanol–water partition coefficient (Wildman–Crippen LogP) is 5.87. The highest BCUT2D eigenvalue weighted by Crippen LogP contribution is 2.32. The lowest BCUT2D eigenvalue weighted by molar-refractivity contribution is 0.628. The van der Waals surface area contributed by atoms with Crippen molar-refractivity contribution in [3.05, 3.63) is 64.2 Å². The van der Waals surface area contributed by atoms with E-state index in [0.29, 0.717) is 10.7 Å². The van der Waals surface area contributed by atoms with E-state index in [2.05, 4.69) is 30.4 Å². The van der Waals surface area contributed by atoms with Crippen molar-refractivity contribution in [1.82, 2.24) is 0 Å². The van der Waals surface area contributed by atoms with Crippen molar-refractivity contribution in [2.75, 3.05) is 5.32 Å². The Labute approximate surface area is 126 Å². The van der Waals surface area contributed by atoms with Crippen LogP contribution in [0.2, 0.25) is 5.02 Å². The SMILES string of the molecule is CC(Nc1cc(F)cc(Cl)c1)c1cc2ccccc2s1. The van der Waals surface area contributed by atoms with Crippen molar-refractivity contribution >= 4 is 38.7 Å². The second-order valence-electron chi connectivity index (χ2n) is 4.71. The van der Waals surface area contributed by atoms with Crippen molar-refractivity contribution in [2.24, 2.45) is 0 Å². The molecule has 4 heteroatoms. The molecule has 20 heavy (non-hydrogen) atoms. The molecule has 0 saturated heterocycles. The summed E-state index contributed by atoms with van der Waals surface area (Å²) >= 11 is 7.61. The molecule has 1 heterocycles. The maximum absolute atomic E-state index is 13.3. The Bertz CT molecular complexity index is 700. The van der Waals surface area contributed by atoms with E-state index in [0.717, 1.165) is 0 Å². The number of anilines is 1. The molecule has 0 saturated carbocycles. The first kappa shape index (κ1) is 13.4. The van der Waals surface area contributed by atoms with Gasteiger partial charge >= 0.3 is 0 Å². The smallest absolute Gasteiger partial charge is 0.126 e. The van der Waals surface area contributed by atoms with Gasteiger partial charge in [-0.25, -0.2) is 4.39 Å². The zero-order valence-corrected chi connectivity index (χ0v) is 12.4. The van der Waals surface area contributed by atoms with Gasteiger partial charge in [-0.1, -0.05) is 29.8 Å². The summed E-state index contributed by atoms with van der Waals surface area (Å²) < 4.78 is 14.6. The molecule has 3 rings (SSSR count). The van der Waals surface area contributed by atoms with E-state index >= 15 is 0 Å². The molecule has 1 N–H and O–H groups in total. The highest BCUT2D eigenvalue weighted by Gasteiger charge is 2.10. The molecule has 0 spiro atoms. The van der Waals surface area contributed by atoms with Crippen molar-refractivity contribution in [2.45, 2.75) is 13.0 Å². The number of benzene rings is 2. The van der Waals surface area contributed by atoms with Crippen LogP contribution in [0.5, 0.6) is 0 Å². The Hall–Kier alpha value is -1.58. The fourth-order valence-electron chi connectivity index (χ4n) is 2.17. The first-order chi connectivity index (χ1) is 9.61. The number of hydrogen-bond acceptors (Lipinski definition) is 2. The first-order valence-corrected chi connectivity index (χ1v) is 7.52. The maximum atomic E-state index is 13.3. The Balaban J connectivity index is 1.86. The number of hydrogen-bond donors (Lipinski definition) is 1. The molecule has 1 aromatic heterocycles. The van der Waals surface area contributed by atoms with Gasteiger partial charge in [-0.15, -0.1) is 11.3 Å². The number of fused-ring (bicyclic) bond motifs is 1. The highest BCUT2D eigenvalue weighted by atomic mass is 35.5. The normalized spacial score (nSPS) is 12.6. The summed E-state index contributed by atoms with van der Waals surface area (Å²) in [4.78, 5) is 1.21. The summed E-state index contributed by atoms with van der Waals surface area (Å²) in [6.07, 6.45) is 0. The van der Waals surface area contributed by atoms with Crippen LogP contribution in [-0.4, -0.2) is 0 Å². The van der Waals surface area contributed by atoms with E-state index in [1.807, 2.05) is 12.1 Å². The average Bonchev–Trinajstić information content (AvgIpc) is 2.81. The molecule has 102 valence electrons. The van der Waals surface area contributed by atoms with Crippen LogP contribution in [0.3, 0.4) is 0 Å². The minimum Gasteiger partial charge on any atom is -0.378 e. The Morgan fingerprint density at radius 2 is 1.95 bits per heavy atom. The van der Waals surface area contributed by atoms with Crippen LogP contribution in [0.15, 0.2) is 48.5 Å². The van der Waals surface area contributed by atoms with Gasteiger partial charge in [-0.05, 0) is 42.6 Å². The van der Waals surface area contributed by atoms with Crippen LogP contribution in [0.25, 0.3) is 10.1 Å². The third-order valence-electron chi connectivity index (χ3n) is 3.12. The minimum absolute atomic E-state index is 0.102. The molecule has 0 aliphatic carbocycles. The van der Waals surface area contributed by atoms with E-state index in [1.54, 1.807) is 17.4 Å². The highest BCUT2D eigenvalue weighted by molar-refractivity contribution is 7.19. The van der Waals surface area contributed by atoms with E-state index in [-0.39, 0.29) is 11.9 Å². The quantitative estimate of drug-likeness (QED) is 0.638. The second kappa shape index (κ2) is 5.43.